The lowest BCUT2D eigenvalue weighted by molar-refractivity contribution is 0.102. The Kier molecular flexibility index (Phi) is 4.34. The molecule has 1 N–H and O–H groups in total. The van der Waals surface area contributed by atoms with Gasteiger partial charge >= 0.3 is 0 Å². The highest BCUT2D eigenvalue weighted by Gasteiger charge is 2.25. The number of pyridine rings is 1. The highest BCUT2D eigenvalue weighted by molar-refractivity contribution is 6.12. The minimum Gasteiger partial charge on any atom is -0.305 e. The van der Waals surface area contributed by atoms with E-state index in [4.69, 9.17) is 4.98 Å². The van der Waals surface area contributed by atoms with Crippen molar-refractivity contribution in [2.75, 3.05) is 5.32 Å². The van der Waals surface area contributed by atoms with Crippen molar-refractivity contribution in [2.24, 2.45) is 7.05 Å². The van der Waals surface area contributed by atoms with Crippen LogP contribution in [0.15, 0.2) is 18.3 Å². The topological polar surface area (TPSA) is 77.6 Å². The number of hydrogen-bond donors (Lipinski definition) is 1. The first-order valence-corrected chi connectivity index (χ1v) is 8.79. The molecule has 0 saturated heterocycles. The summed E-state index contributed by atoms with van der Waals surface area (Å²) >= 11 is 0. The predicted octanol–water partition coefficient (Wildman–Crippen LogP) is 3.60. The molecular weight excluding hydrogens is 328 g/mol. The number of nitrogens with one attached hydrogen (secondary N) is 1. The van der Waals surface area contributed by atoms with Crippen molar-refractivity contribution in [2.45, 2.75) is 53.0 Å². The molecule has 0 aliphatic rings. The van der Waals surface area contributed by atoms with Crippen molar-refractivity contribution in [3.63, 3.8) is 0 Å². The van der Waals surface area contributed by atoms with Crippen molar-refractivity contribution < 1.29 is 4.79 Å². The molecule has 0 aliphatic carbocycles. The molecular formula is C19H26N6O. The van der Waals surface area contributed by atoms with E-state index in [2.05, 4.69) is 50.1 Å². The van der Waals surface area contributed by atoms with Gasteiger partial charge in [-0.3, -0.25) is 9.48 Å². The van der Waals surface area contributed by atoms with E-state index in [-0.39, 0.29) is 17.4 Å². The Hall–Kier alpha value is -2.70. The van der Waals surface area contributed by atoms with E-state index >= 15 is 0 Å². The molecule has 7 nitrogen and oxygen atoms in total. The summed E-state index contributed by atoms with van der Waals surface area (Å²) < 4.78 is 3.56. The summed E-state index contributed by atoms with van der Waals surface area (Å²) in [6.45, 7) is 12.3. The van der Waals surface area contributed by atoms with Gasteiger partial charge in [-0.15, -0.1) is 0 Å². The second-order valence-electron chi connectivity index (χ2n) is 7.94. The number of aryl methyl sites for hydroxylation is 2. The van der Waals surface area contributed by atoms with Crippen LogP contribution in [0.2, 0.25) is 0 Å². The lowest BCUT2D eigenvalue weighted by atomic mass is 10.0. The Balaban J connectivity index is 2.20. The average molecular weight is 354 g/mol. The number of anilines is 1. The number of fused-ring (bicyclic) bond motifs is 1. The highest BCUT2D eigenvalue weighted by atomic mass is 16.1. The first kappa shape index (κ1) is 18.1. The molecule has 0 fully saturated rings. The third kappa shape index (κ3) is 3.21. The molecule has 3 rings (SSSR count). The number of nitrogens with zero attached hydrogens (tertiary/aromatic N) is 5. The summed E-state index contributed by atoms with van der Waals surface area (Å²) in [7, 11) is 1.81. The van der Waals surface area contributed by atoms with Gasteiger partial charge in [-0.1, -0.05) is 13.8 Å². The second kappa shape index (κ2) is 6.23. The standard InChI is InChI=1S/C19H26N6O/c1-11(2)14-10-13(18(26)21-15-8-9-24(7)23-15)16-12(3)22-25(17(16)20-14)19(4,5)6/h8-11H,1-7H3,(H,21,23,26). The van der Waals surface area contributed by atoms with Gasteiger partial charge in [-0.05, 0) is 39.7 Å². The number of aromatic nitrogens is 5. The van der Waals surface area contributed by atoms with Gasteiger partial charge in [0.15, 0.2) is 11.5 Å². The van der Waals surface area contributed by atoms with Crippen LogP contribution < -0.4 is 5.32 Å². The van der Waals surface area contributed by atoms with Crippen molar-refractivity contribution in [3.05, 3.63) is 35.3 Å². The molecule has 3 aromatic rings. The van der Waals surface area contributed by atoms with E-state index in [1.165, 1.54) is 0 Å². The Morgan fingerprint density at radius 3 is 2.46 bits per heavy atom. The summed E-state index contributed by atoms with van der Waals surface area (Å²) in [5.41, 5.74) is 2.76. The molecule has 0 aliphatic heterocycles. The molecule has 1 amide bonds. The SMILES string of the molecule is Cc1nn(C(C)(C)C)c2nc(C(C)C)cc(C(=O)Nc3ccn(C)n3)c12. The summed E-state index contributed by atoms with van der Waals surface area (Å²) in [5, 5.41) is 12.6. The Bertz CT molecular complexity index is 974. The van der Waals surface area contributed by atoms with Gasteiger partial charge in [-0.2, -0.15) is 10.2 Å². The smallest absolute Gasteiger partial charge is 0.257 e. The number of hydrogen-bond acceptors (Lipinski definition) is 4. The second-order valence-corrected chi connectivity index (χ2v) is 7.94. The Morgan fingerprint density at radius 2 is 1.92 bits per heavy atom. The van der Waals surface area contributed by atoms with E-state index in [1.54, 1.807) is 16.9 Å². The van der Waals surface area contributed by atoms with Crippen LogP contribution >= 0.6 is 0 Å². The fourth-order valence-corrected chi connectivity index (χ4v) is 2.92. The number of carbonyl (C=O) groups excluding carboxylic acids is 1. The average Bonchev–Trinajstić information content (AvgIpc) is 3.09. The fraction of sp³-hybridized carbons (Fsp3) is 0.474. The van der Waals surface area contributed by atoms with E-state index in [9.17, 15) is 4.79 Å². The van der Waals surface area contributed by atoms with Crippen LogP contribution in [0, 0.1) is 6.92 Å². The van der Waals surface area contributed by atoms with Gasteiger partial charge in [0.05, 0.1) is 22.2 Å². The maximum absolute atomic E-state index is 13.0. The molecule has 0 bridgehead atoms. The van der Waals surface area contributed by atoms with E-state index in [0.29, 0.717) is 11.4 Å². The van der Waals surface area contributed by atoms with Crippen LogP contribution in [-0.2, 0) is 12.6 Å². The normalized spacial score (nSPS) is 12.2. The molecule has 7 heteroatoms. The fourth-order valence-electron chi connectivity index (χ4n) is 2.92. The Morgan fingerprint density at radius 1 is 1.23 bits per heavy atom. The van der Waals surface area contributed by atoms with Gasteiger partial charge < -0.3 is 5.32 Å². The first-order chi connectivity index (χ1) is 12.1. The summed E-state index contributed by atoms with van der Waals surface area (Å²) in [6, 6.07) is 3.64. The highest BCUT2D eigenvalue weighted by Crippen LogP contribution is 2.29. The van der Waals surface area contributed by atoms with Gasteiger partial charge in [0, 0.05) is 25.0 Å². The molecule has 0 atom stereocenters. The summed E-state index contributed by atoms with van der Waals surface area (Å²) in [4.78, 5) is 17.8. The third-order valence-corrected chi connectivity index (χ3v) is 4.26. The molecule has 0 radical (unpaired) electrons. The van der Waals surface area contributed by atoms with Crippen LogP contribution in [0.1, 0.15) is 62.3 Å². The first-order valence-electron chi connectivity index (χ1n) is 8.79. The number of amides is 1. The van der Waals surface area contributed by atoms with Crippen LogP contribution in [0.25, 0.3) is 11.0 Å². The van der Waals surface area contributed by atoms with Gasteiger partial charge in [0.2, 0.25) is 0 Å². The van der Waals surface area contributed by atoms with Crippen molar-refractivity contribution in [1.29, 1.82) is 0 Å². The summed E-state index contributed by atoms with van der Waals surface area (Å²) in [6.07, 6.45) is 1.79. The minimum atomic E-state index is -0.232. The van der Waals surface area contributed by atoms with Crippen molar-refractivity contribution in [1.82, 2.24) is 24.5 Å². The minimum absolute atomic E-state index is 0.199. The lowest BCUT2D eigenvalue weighted by Crippen LogP contribution is -2.24. The maximum atomic E-state index is 13.0. The molecule has 3 heterocycles. The third-order valence-electron chi connectivity index (χ3n) is 4.26. The van der Waals surface area contributed by atoms with E-state index in [0.717, 1.165) is 22.4 Å². The van der Waals surface area contributed by atoms with Gasteiger partial charge in [0.25, 0.3) is 5.91 Å². The zero-order chi connectivity index (χ0) is 19.2. The van der Waals surface area contributed by atoms with E-state index < -0.39 is 0 Å². The number of rotatable bonds is 3. The van der Waals surface area contributed by atoms with Gasteiger partial charge in [-0.25, -0.2) is 9.67 Å². The predicted molar refractivity (Wildman–Crippen MR) is 103 cm³/mol. The Labute approximate surface area is 153 Å². The zero-order valence-corrected chi connectivity index (χ0v) is 16.5. The van der Waals surface area contributed by atoms with Crippen molar-refractivity contribution >= 4 is 22.8 Å². The summed E-state index contributed by atoms with van der Waals surface area (Å²) in [5.74, 6) is 0.522. The van der Waals surface area contributed by atoms with Crippen LogP contribution in [0.4, 0.5) is 5.82 Å². The van der Waals surface area contributed by atoms with E-state index in [1.807, 2.05) is 24.7 Å². The largest absolute Gasteiger partial charge is 0.305 e. The quantitative estimate of drug-likeness (QED) is 0.779. The van der Waals surface area contributed by atoms with Gasteiger partial charge in [0.1, 0.15) is 0 Å². The van der Waals surface area contributed by atoms with Crippen molar-refractivity contribution in [3.8, 4) is 0 Å². The molecule has 0 spiro atoms. The lowest BCUT2D eigenvalue weighted by Gasteiger charge is -2.20. The van der Waals surface area contributed by atoms with Crippen LogP contribution in [0.3, 0.4) is 0 Å². The molecule has 0 unspecified atom stereocenters. The molecule has 0 saturated carbocycles. The maximum Gasteiger partial charge on any atom is 0.257 e. The molecule has 138 valence electrons. The van der Waals surface area contributed by atoms with Crippen LogP contribution in [-0.4, -0.2) is 30.5 Å². The monoisotopic (exact) mass is 354 g/mol. The van der Waals surface area contributed by atoms with Crippen LogP contribution in [0.5, 0.6) is 0 Å². The zero-order valence-electron chi connectivity index (χ0n) is 16.5. The number of carbonyl (C=O) groups is 1. The molecule has 3 aromatic heterocycles. The molecule has 26 heavy (non-hydrogen) atoms. The molecule has 0 aromatic carbocycles.